The van der Waals surface area contributed by atoms with Crippen LogP contribution in [0.5, 0.6) is 0 Å². The number of hydrogen-bond donors (Lipinski definition) is 2. The molecule has 3 nitrogen and oxygen atoms in total. The van der Waals surface area contributed by atoms with Crippen molar-refractivity contribution in [1.29, 1.82) is 0 Å². The summed E-state index contributed by atoms with van der Waals surface area (Å²) in [5, 5.41) is 6.08. The first-order chi connectivity index (χ1) is 9.16. The summed E-state index contributed by atoms with van der Waals surface area (Å²) in [5.74, 6) is 0.0198. The van der Waals surface area contributed by atoms with Crippen molar-refractivity contribution in [3.05, 3.63) is 34.1 Å². The molecule has 1 aromatic rings. The summed E-state index contributed by atoms with van der Waals surface area (Å²) in [6.07, 6.45) is 2.31. The lowest BCUT2D eigenvalue weighted by Gasteiger charge is -2.10. The maximum absolute atomic E-state index is 13.6. The van der Waals surface area contributed by atoms with Crippen LogP contribution in [-0.4, -0.2) is 25.5 Å². The lowest BCUT2D eigenvalue weighted by molar-refractivity contribution is -0.124. The molecule has 1 unspecified atom stereocenters. The minimum atomic E-state index is -0.194. The quantitative estimate of drug-likeness (QED) is 0.814. The Kier molecular flexibility index (Phi) is 5.34. The molecule has 0 radical (unpaired) electrons. The highest BCUT2D eigenvalue weighted by Crippen LogP contribution is 2.16. The van der Waals surface area contributed by atoms with Gasteiger partial charge in [-0.2, -0.15) is 0 Å². The van der Waals surface area contributed by atoms with Crippen molar-refractivity contribution in [3.8, 4) is 0 Å². The smallest absolute Gasteiger partial charge is 0.224 e. The lowest BCUT2D eigenvalue weighted by atomic mass is 10.1. The summed E-state index contributed by atoms with van der Waals surface area (Å²) in [6, 6.07) is 5.08. The lowest BCUT2D eigenvalue weighted by Crippen LogP contribution is -2.32. The molecule has 2 N–H and O–H groups in total. The van der Waals surface area contributed by atoms with Gasteiger partial charge in [0.15, 0.2) is 0 Å². The predicted molar refractivity (Wildman–Crippen MR) is 76.4 cm³/mol. The number of rotatable bonds is 5. The topological polar surface area (TPSA) is 41.1 Å². The van der Waals surface area contributed by atoms with Gasteiger partial charge in [-0.1, -0.05) is 22.0 Å². The zero-order valence-electron chi connectivity index (χ0n) is 10.7. The molecule has 0 aromatic heterocycles. The van der Waals surface area contributed by atoms with Gasteiger partial charge in [0, 0.05) is 17.6 Å². The molecule has 1 heterocycles. The number of nitrogens with one attached hydrogen (secondary N) is 2. The van der Waals surface area contributed by atoms with Gasteiger partial charge in [-0.3, -0.25) is 4.79 Å². The van der Waals surface area contributed by atoms with Crippen LogP contribution in [0.2, 0.25) is 0 Å². The van der Waals surface area contributed by atoms with E-state index in [1.54, 1.807) is 6.07 Å². The first-order valence-electron chi connectivity index (χ1n) is 6.59. The summed E-state index contributed by atoms with van der Waals surface area (Å²) in [5.41, 5.74) is 0.694. The van der Waals surface area contributed by atoms with Gasteiger partial charge < -0.3 is 10.6 Å². The first kappa shape index (κ1) is 14.5. The maximum atomic E-state index is 13.6. The van der Waals surface area contributed by atoms with Crippen LogP contribution in [0.3, 0.4) is 0 Å². The van der Waals surface area contributed by atoms with Gasteiger partial charge in [-0.15, -0.1) is 0 Å². The number of aryl methyl sites for hydroxylation is 1. The number of carbonyl (C=O) groups is 1. The van der Waals surface area contributed by atoms with Gasteiger partial charge in [0.05, 0.1) is 5.92 Å². The summed E-state index contributed by atoms with van der Waals surface area (Å²) >= 11 is 3.23. The zero-order valence-corrected chi connectivity index (χ0v) is 12.3. The van der Waals surface area contributed by atoms with Crippen molar-refractivity contribution in [2.24, 2.45) is 5.92 Å². The Balaban J connectivity index is 1.70. The van der Waals surface area contributed by atoms with Crippen molar-refractivity contribution in [2.45, 2.75) is 19.3 Å². The summed E-state index contributed by atoms with van der Waals surface area (Å²) in [7, 11) is 0. The molecule has 1 aliphatic heterocycles. The fourth-order valence-corrected chi connectivity index (χ4v) is 2.57. The van der Waals surface area contributed by atoms with Crippen molar-refractivity contribution in [1.82, 2.24) is 10.6 Å². The van der Waals surface area contributed by atoms with Gasteiger partial charge in [-0.05, 0) is 43.5 Å². The highest BCUT2D eigenvalue weighted by molar-refractivity contribution is 9.10. The van der Waals surface area contributed by atoms with Crippen LogP contribution in [0.25, 0.3) is 0 Å². The van der Waals surface area contributed by atoms with Crippen LogP contribution >= 0.6 is 15.9 Å². The summed E-state index contributed by atoms with van der Waals surface area (Å²) in [6.45, 7) is 2.29. The molecule has 0 bridgehead atoms. The number of amides is 1. The van der Waals surface area contributed by atoms with Crippen LogP contribution in [0.1, 0.15) is 18.4 Å². The molecule has 1 amide bonds. The molecule has 1 fully saturated rings. The second-order valence-electron chi connectivity index (χ2n) is 4.82. The largest absolute Gasteiger partial charge is 0.356 e. The number of carbonyl (C=O) groups excluding carboxylic acids is 1. The van der Waals surface area contributed by atoms with E-state index in [1.807, 2.05) is 6.07 Å². The third-order valence-electron chi connectivity index (χ3n) is 3.37. The molecule has 0 aliphatic carbocycles. The van der Waals surface area contributed by atoms with Crippen LogP contribution in [0.4, 0.5) is 4.39 Å². The molecule has 5 heteroatoms. The Bertz CT molecular complexity index is 447. The molecule has 0 spiro atoms. The van der Waals surface area contributed by atoms with Crippen LogP contribution in [0.15, 0.2) is 22.7 Å². The van der Waals surface area contributed by atoms with Gasteiger partial charge in [0.2, 0.25) is 5.91 Å². The molecule has 2 rings (SSSR count). The van der Waals surface area contributed by atoms with E-state index >= 15 is 0 Å². The molecule has 1 saturated heterocycles. The third kappa shape index (κ3) is 4.28. The average Bonchev–Trinajstić information content (AvgIpc) is 2.90. The standard InChI is InChI=1S/C14H18BrFN2O/c15-12-4-3-10(13(16)8-12)2-1-6-18-14(19)11-5-7-17-9-11/h3-4,8,11,17H,1-2,5-7,9H2,(H,18,19). The molecule has 1 aliphatic rings. The van der Waals surface area contributed by atoms with E-state index < -0.39 is 0 Å². The molecule has 19 heavy (non-hydrogen) atoms. The Hall–Kier alpha value is -0.940. The fraction of sp³-hybridized carbons (Fsp3) is 0.500. The Morgan fingerprint density at radius 3 is 3.05 bits per heavy atom. The Labute approximate surface area is 121 Å². The van der Waals surface area contributed by atoms with Gasteiger partial charge in [0.25, 0.3) is 0 Å². The second-order valence-corrected chi connectivity index (χ2v) is 5.74. The molecule has 1 atom stereocenters. The molecular weight excluding hydrogens is 311 g/mol. The molecule has 1 aromatic carbocycles. The average molecular weight is 329 g/mol. The Morgan fingerprint density at radius 1 is 1.53 bits per heavy atom. The van der Waals surface area contributed by atoms with Gasteiger partial charge in [0.1, 0.15) is 5.82 Å². The van der Waals surface area contributed by atoms with Crippen molar-refractivity contribution >= 4 is 21.8 Å². The fourth-order valence-electron chi connectivity index (χ4n) is 2.24. The van der Waals surface area contributed by atoms with E-state index in [0.717, 1.165) is 30.4 Å². The first-order valence-corrected chi connectivity index (χ1v) is 7.38. The van der Waals surface area contributed by atoms with Crippen LogP contribution < -0.4 is 10.6 Å². The summed E-state index contributed by atoms with van der Waals surface area (Å²) < 4.78 is 14.3. The van der Waals surface area contributed by atoms with Gasteiger partial charge >= 0.3 is 0 Å². The predicted octanol–water partition coefficient (Wildman–Crippen LogP) is 2.25. The third-order valence-corrected chi connectivity index (χ3v) is 3.86. The van der Waals surface area contributed by atoms with E-state index in [2.05, 4.69) is 26.6 Å². The van der Waals surface area contributed by atoms with Crippen molar-refractivity contribution in [3.63, 3.8) is 0 Å². The normalized spacial score (nSPS) is 18.5. The van der Waals surface area contributed by atoms with E-state index in [-0.39, 0.29) is 17.6 Å². The van der Waals surface area contributed by atoms with E-state index in [4.69, 9.17) is 0 Å². The highest BCUT2D eigenvalue weighted by Gasteiger charge is 2.21. The Morgan fingerprint density at radius 2 is 2.37 bits per heavy atom. The van der Waals surface area contributed by atoms with E-state index in [0.29, 0.717) is 18.5 Å². The zero-order chi connectivity index (χ0) is 13.7. The number of halogens is 2. The minimum absolute atomic E-state index is 0.101. The van der Waals surface area contributed by atoms with Crippen molar-refractivity contribution < 1.29 is 9.18 Å². The van der Waals surface area contributed by atoms with Crippen LogP contribution in [0, 0.1) is 11.7 Å². The van der Waals surface area contributed by atoms with Crippen molar-refractivity contribution in [2.75, 3.05) is 19.6 Å². The second kappa shape index (κ2) is 7.01. The minimum Gasteiger partial charge on any atom is -0.356 e. The monoisotopic (exact) mass is 328 g/mol. The molecule has 104 valence electrons. The van der Waals surface area contributed by atoms with E-state index in [1.165, 1.54) is 6.07 Å². The maximum Gasteiger partial charge on any atom is 0.224 e. The highest BCUT2D eigenvalue weighted by atomic mass is 79.9. The number of benzene rings is 1. The summed E-state index contributed by atoms with van der Waals surface area (Å²) in [4.78, 5) is 11.7. The van der Waals surface area contributed by atoms with Gasteiger partial charge in [-0.25, -0.2) is 4.39 Å². The molecular formula is C14H18BrFN2O. The molecule has 0 saturated carbocycles. The SMILES string of the molecule is O=C(NCCCc1ccc(Br)cc1F)C1CCNC1. The van der Waals surface area contributed by atoms with E-state index in [9.17, 15) is 9.18 Å². The number of hydrogen-bond acceptors (Lipinski definition) is 2. The van der Waals surface area contributed by atoms with Crippen LogP contribution in [-0.2, 0) is 11.2 Å².